The van der Waals surface area contributed by atoms with Crippen molar-refractivity contribution in [3.63, 3.8) is 0 Å². The highest BCUT2D eigenvalue weighted by molar-refractivity contribution is 9.10. The normalized spacial score (nSPS) is 11.3. The van der Waals surface area contributed by atoms with Crippen LogP contribution in [0.15, 0.2) is 16.6 Å². The lowest BCUT2D eigenvalue weighted by molar-refractivity contribution is -0.132. The van der Waals surface area contributed by atoms with E-state index in [1.165, 1.54) is 12.1 Å². The molecule has 0 aromatic heterocycles. The molecule has 3 nitrogen and oxygen atoms in total. The topological polar surface area (TPSA) is 41.1 Å². The summed E-state index contributed by atoms with van der Waals surface area (Å²) in [6.07, 6.45) is -5.48. The number of carbonyl (C=O) groups is 1. The van der Waals surface area contributed by atoms with Crippen LogP contribution in [0.25, 0.3) is 0 Å². The second kappa shape index (κ2) is 6.23. The quantitative estimate of drug-likeness (QED) is 0.801. The Morgan fingerprint density at radius 1 is 1.37 bits per heavy atom. The molecule has 0 aliphatic heterocycles. The molecule has 0 radical (unpaired) electrons. The minimum absolute atomic E-state index is 0.109. The van der Waals surface area contributed by atoms with Gasteiger partial charge in [-0.1, -0.05) is 15.9 Å². The van der Waals surface area contributed by atoms with Gasteiger partial charge in [0.15, 0.2) is 0 Å². The molecule has 0 aliphatic carbocycles. The zero-order chi connectivity index (χ0) is 14.6. The Labute approximate surface area is 115 Å². The molecule has 1 aromatic carbocycles. The van der Waals surface area contributed by atoms with E-state index in [0.29, 0.717) is 10.0 Å². The van der Waals surface area contributed by atoms with Crippen LogP contribution in [-0.2, 0) is 0 Å². The third-order valence-corrected chi connectivity index (χ3v) is 3.04. The van der Waals surface area contributed by atoms with Gasteiger partial charge >= 0.3 is 12.2 Å². The molecule has 106 valence electrons. The van der Waals surface area contributed by atoms with E-state index in [0.717, 1.165) is 0 Å². The summed E-state index contributed by atoms with van der Waals surface area (Å²) in [5, 5.41) is 4.14. The molecule has 1 aromatic rings. The van der Waals surface area contributed by atoms with E-state index in [4.69, 9.17) is 0 Å². The summed E-state index contributed by atoms with van der Waals surface area (Å²) in [6.45, 7) is 1.10. The van der Waals surface area contributed by atoms with Crippen molar-refractivity contribution in [2.24, 2.45) is 0 Å². The van der Waals surface area contributed by atoms with Gasteiger partial charge in [0.2, 0.25) is 0 Å². The van der Waals surface area contributed by atoms with E-state index < -0.39 is 31.0 Å². The zero-order valence-electron chi connectivity index (χ0n) is 9.87. The lowest BCUT2D eigenvalue weighted by atomic mass is 10.2. The minimum Gasteiger partial charge on any atom is -0.338 e. The molecule has 0 saturated heterocycles. The lowest BCUT2D eigenvalue weighted by Gasteiger charge is -2.11. The summed E-state index contributed by atoms with van der Waals surface area (Å²) in [6, 6.07) is 1.66. The summed E-state index contributed by atoms with van der Waals surface area (Å²) in [4.78, 5) is 11.3. The minimum atomic E-state index is -4.34. The van der Waals surface area contributed by atoms with Crippen LogP contribution < -0.4 is 10.6 Å². The monoisotopic (exact) mass is 342 g/mol. The molecule has 1 rings (SSSR count). The molecule has 2 N–H and O–H groups in total. The average molecular weight is 343 g/mol. The first-order valence-corrected chi connectivity index (χ1v) is 6.05. The molecule has 0 unspecified atom stereocenters. The van der Waals surface area contributed by atoms with Crippen molar-refractivity contribution in [3.8, 4) is 0 Å². The number of rotatable bonds is 3. The SMILES string of the molecule is Cc1cc(F)c(NC(=O)NCCC(F)(F)F)cc1Br. The van der Waals surface area contributed by atoms with Gasteiger partial charge in [-0.15, -0.1) is 0 Å². The number of aryl methyl sites for hydroxylation is 1. The van der Waals surface area contributed by atoms with Gasteiger partial charge < -0.3 is 10.6 Å². The summed E-state index contributed by atoms with van der Waals surface area (Å²) >= 11 is 3.16. The van der Waals surface area contributed by atoms with Crippen molar-refractivity contribution >= 4 is 27.6 Å². The number of alkyl halides is 3. The predicted octanol–water partition coefficient (Wildman–Crippen LogP) is 3.97. The number of carbonyl (C=O) groups excluding carboxylic acids is 1. The standard InChI is InChI=1S/C11H11BrF4N2O/c1-6-4-8(13)9(5-7(6)12)18-10(19)17-3-2-11(14,15)16/h4-5H,2-3H2,1H3,(H2,17,18,19). The Hall–Kier alpha value is -1.31. The Kier molecular flexibility index (Phi) is 5.16. The third kappa shape index (κ3) is 5.46. The number of hydrogen-bond donors (Lipinski definition) is 2. The fraction of sp³-hybridized carbons (Fsp3) is 0.364. The second-order valence-electron chi connectivity index (χ2n) is 3.83. The molecule has 0 heterocycles. The van der Waals surface area contributed by atoms with E-state index in [1.807, 2.05) is 5.32 Å². The number of amides is 2. The fourth-order valence-corrected chi connectivity index (χ4v) is 1.57. The van der Waals surface area contributed by atoms with Crippen molar-refractivity contribution in [2.45, 2.75) is 19.5 Å². The van der Waals surface area contributed by atoms with Crippen LogP contribution in [0.5, 0.6) is 0 Å². The molecular formula is C11H11BrF4N2O. The van der Waals surface area contributed by atoms with E-state index >= 15 is 0 Å². The van der Waals surface area contributed by atoms with E-state index in [9.17, 15) is 22.4 Å². The Bertz CT molecular complexity index is 476. The van der Waals surface area contributed by atoms with Gasteiger partial charge in [0.05, 0.1) is 12.1 Å². The highest BCUT2D eigenvalue weighted by Crippen LogP contribution is 2.24. The number of urea groups is 1. The maximum atomic E-state index is 13.5. The number of nitrogens with one attached hydrogen (secondary N) is 2. The van der Waals surface area contributed by atoms with Crippen molar-refractivity contribution in [1.29, 1.82) is 0 Å². The van der Waals surface area contributed by atoms with E-state index in [2.05, 4.69) is 21.2 Å². The Balaban J connectivity index is 2.56. The van der Waals surface area contributed by atoms with Gasteiger partial charge in [0.25, 0.3) is 0 Å². The van der Waals surface area contributed by atoms with Crippen LogP contribution in [-0.4, -0.2) is 18.8 Å². The molecule has 0 atom stereocenters. The average Bonchev–Trinajstić information content (AvgIpc) is 2.24. The van der Waals surface area contributed by atoms with Crippen molar-refractivity contribution < 1.29 is 22.4 Å². The molecule has 0 aliphatic rings. The molecule has 2 amide bonds. The first-order valence-electron chi connectivity index (χ1n) is 5.26. The van der Waals surface area contributed by atoms with Gasteiger partial charge in [0.1, 0.15) is 5.82 Å². The lowest BCUT2D eigenvalue weighted by Crippen LogP contribution is -2.32. The molecule has 0 saturated carbocycles. The molecule has 19 heavy (non-hydrogen) atoms. The Morgan fingerprint density at radius 2 is 2.00 bits per heavy atom. The predicted molar refractivity (Wildman–Crippen MR) is 66.5 cm³/mol. The van der Waals surface area contributed by atoms with Gasteiger partial charge in [-0.3, -0.25) is 0 Å². The molecule has 0 spiro atoms. The van der Waals surface area contributed by atoms with Crippen LogP contribution >= 0.6 is 15.9 Å². The van der Waals surface area contributed by atoms with E-state index in [1.54, 1.807) is 6.92 Å². The van der Waals surface area contributed by atoms with Gasteiger partial charge in [-0.05, 0) is 24.6 Å². The van der Waals surface area contributed by atoms with Crippen molar-refractivity contribution in [2.75, 3.05) is 11.9 Å². The van der Waals surface area contributed by atoms with Crippen molar-refractivity contribution in [3.05, 3.63) is 28.0 Å². The van der Waals surface area contributed by atoms with Crippen LogP contribution in [0.4, 0.5) is 28.0 Å². The maximum absolute atomic E-state index is 13.5. The molecule has 0 fully saturated rings. The third-order valence-electron chi connectivity index (χ3n) is 2.19. The van der Waals surface area contributed by atoms with Gasteiger partial charge in [0, 0.05) is 11.0 Å². The first-order chi connectivity index (χ1) is 8.69. The van der Waals surface area contributed by atoms with Gasteiger partial charge in [-0.2, -0.15) is 13.2 Å². The number of anilines is 1. The summed E-state index contributed by atoms with van der Waals surface area (Å²) < 4.78 is 49.6. The fourth-order valence-electron chi connectivity index (χ4n) is 1.23. The number of benzene rings is 1. The highest BCUT2D eigenvalue weighted by atomic mass is 79.9. The Morgan fingerprint density at radius 3 is 2.58 bits per heavy atom. The van der Waals surface area contributed by atoms with E-state index in [-0.39, 0.29) is 5.69 Å². The van der Waals surface area contributed by atoms with Crippen LogP contribution in [0.3, 0.4) is 0 Å². The van der Waals surface area contributed by atoms with Gasteiger partial charge in [-0.25, -0.2) is 9.18 Å². The molecular weight excluding hydrogens is 332 g/mol. The first kappa shape index (κ1) is 15.7. The summed E-state index contributed by atoms with van der Waals surface area (Å²) in [7, 11) is 0. The second-order valence-corrected chi connectivity index (χ2v) is 4.68. The summed E-state index contributed by atoms with van der Waals surface area (Å²) in [5.41, 5.74) is 0.530. The highest BCUT2D eigenvalue weighted by Gasteiger charge is 2.26. The van der Waals surface area contributed by atoms with Crippen LogP contribution in [0.1, 0.15) is 12.0 Å². The summed E-state index contributed by atoms with van der Waals surface area (Å²) in [5.74, 6) is -0.660. The molecule has 8 heteroatoms. The number of halogens is 5. The van der Waals surface area contributed by atoms with Crippen molar-refractivity contribution in [1.82, 2.24) is 5.32 Å². The zero-order valence-corrected chi connectivity index (χ0v) is 11.5. The number of hydrogen-bond acceptors (Lipinski definition) is 1. The largest absolute Gasteiger partial charge is 0.390 e. The van der Waals surface area contributed by atoms with Crippen LogP contribution in [0.2, 0.25) is 0 Å². The molecule has 0 bridgehead atoms. The maximum Gasteiger partial charge on any atom is 0.390 e. The van der Waals surface area contributed by atoms with Crippen LogP contribution in [0, 0.1) is 12.7 Å². The smallest absolute Gasteiger partial charge is 0.338 e.